The van der Waals surface area contributed by atoms with Gasteiger partial charge in [0.15, 0.2) is 4.34 Å². The van der Waals surface area contributed by atoms with Crippen molar-refractivity contribution in [3.8, 4) is 0 Å². The van der Waals surface area contributed by atoms with Gasteiger partial charge in [-0.3, -0.25) is 0 Å². The van der Waals surface area contributed by atoms with Gasteiger partial charge in [-0.1, -0.05) is 35.5 Å². The van der Waals surface area contributed by atoms with Crippen molar-refractivity contribution in [1.29, 1.82) is 0 Å². The number of rotatable bonds is 5. The Hall–Kier alpha value is -0.620. The minimum Gasteiger partial charge on any atom is -0.310 e. The van der Waals surface area contributed by atoms with Gasteiger partial charge in [0.25, 0.3) is 0 Å². The van der Waals surface area contributed by atoms with E-state index in [1.54, 1.807) is 11.8 Å². The molecule has 0 bridgehead atoms. The van der Waals surface area contributed by atoms with Crippen molar-refractivity contribution in [1.82, 2.24) is 14.7 Å². The minimum atomic E-state index is 0.695. The first-order valence-electron chi connectivity index (χ1n) is 6.21. The van der Waals surface area contributed by atoms with E-state index in [2.05, 4.69) is 20.7 Å². The zero-order chi connectivity index (χ0) is 13.2. The van der Waals surface area contributed by atoms with Crippen LogP contribution in [0.15, 0.2) is 27.4 Å². The predicted octanol–water partition coefficient (Wildman–Crippen LogP) is 3.90. The first-order valence-corrected chi connectivity index (χ1v) is 8.18. The van der Waals surface area contributed by atoms with Crippen LogP contribution in [0.25, 0.3) is 0 Å². The first kappa shape index (κ1) is 13.4. The monoisotopic (exact) mass is 311 g/mol. The molecule has 0 radical (unpaired) electrons. The van der Waals surface area contributed by atoms with Crippen LogP contribution in [0.4, 0.5) is 0 Å². The standard InChI is InChI=1S/C13H14ClN3S2/c1-8-16-13(19-17-8)18-12-9(3-2-4-11(12)14)7-15-10-5-6-10/h2-4,10,15H,5-7H2,1H3. The van der Waals surface area contributed by atoms with Crippen molar-refractivity contribution >= 4 is 34.9 Å². The van der Waals surface area contributed by atoms with Crippen molar-refractivity contribution < 1.29 is 0 Å². The number of benzene rings is 1. The second-order valence-corrected chi connectivity index (χ2v) is 7.01. The Morgan fingerprint density at radius 2 is 2.32 bits per heavy atom. The van der Waals surface area contributed by atoms with Gasteiger partial charge in [0.05, 0.1) is 5.02 Å². The number of nitrogens with one attached hydrogen (secondary N) is 1. The van der Waals surface area contributed by atoms with Crippen molar-refractivity contribution in [3.63, 3.8) is 0 Å². The maximum atomic E-state index is 6.32. The lowest BCUT2D eigenvalue weighted by atomic mass is 10.2. The molecule has 1 aromatic heterocycles. The Balaban J connectivity index is 1.80. The van der Waals surface area contributed by atoms with Crippen LogP contribution in [-0.2, 0) is 6.54 Å². The number of halogens is 1. The molecular formula is C13H14ClN3S2. The maximum absolute atomic E-state index is 6.32. The van der Waals surface area contributed by atoms with E-state index in [1.807, 2.05) is 19.1 Å². The van der Waals surface area contributed by atoms with Crippen LogP contribution in [0.2, 0.25) is 5.02 Å². The molecule has 19 heavy (non-hydrogen) atoms. The fourth-order valence-electron chi connectivity index (χ4n) is 1.76. The molecule has 1 aliphatic carbocycles. The van der Waals surface area contributed by atoms with Gasteiger partial charge in [-0.15, -0.1) is 0 Å². The molecule has 1 aromatic carbocycles. The number of nitrogens with zero attached hydrogens (tertiary/aromatic N) is 2. The lowest BCUT2D eigenvalue weighted by Crippen LogP contribution is -2.15. The predicted molar refractivity (Wildman–Crippen MR) is 80.1 cm³/mol. The summed E-state index contributed by atoms with van der Waals surface area (Å²) < 4.78 is 5.15. The van der Waals surface area contributed by atoms with E-state index in [1.165, 1.54) is 29.9 Å². The topological polar surface area (TPSA) is 37.8 Å². The summed E-state index contributed by atoms with van der Waals surface area (Å²) in [6.45, 7) is 2.77. The second kappa shape index (κ2) is 5.79. The molecule has 100 valence electrons. The average molecular weight is 312 g/mol. The van der Waals surface area contributed by atoms with Crippen LogP contribution >= 0.6 is 34.9 Å². The van der Waals surface area contributed by atoms with Crippen molar-refractivity contribution in [2.75, 3.05) is 0 Å². The highest BCUT2D eigenvalue weighted by Gasteiger charge is 2.21. The quantitative estimate of drug-likeness (QED) is 0.908. The van der Waals surface area contributed by atoms with E-state index in [0.29, 0.717) is 6.04 Å². The Kier molecular flexibility index (Phi) is 4.07. The largest absolute Gasteiger partial charge is 0.310 e. The van der Waals surface area contributed by atoms with E-state index in [0.717, 1.165) is 26.6 Å². The zero-order valence-corrected chi connectivity index (χ0v) is 12.9. The van der Waals surface area contributed by atoms with Crippen LogP contribution in [0.3, 0.4) is 0 Å². The highest BCUT2D eigenvalue weighted by Crippen LogP contribution is 2.37. The maximum Gasteiger partial charge on any atom is 0.174 e. The van der Waals surface area contributed by atoms with Gasteiger partial charge in [0.1, 0.15) is 5.82 Å². The minimum absolute atomic E-state index is 0.695. The van der Waals surface area contributed by atoms with Gasteiger partial charge in [-0.05, 0) is 42.9 Å². The SMILES string of the molecule is Cc1nsc(Sc2c(Cl)cccc2CNC2CC2)n1. The molecule has 0 saturated heterocycles. The molecule has 1 saturated carbocycles. The van der Waals surface area contributed by atoms with Crippen molar-refractivity contribution in [2.24, 2.45) is 0 Å². The molecule has 0 spiro atoms. The van der Waals surface area contributed by atoms with E-state index in [4.69, 9.17) is 11.6 Å². The first-order chi connectivity index (χ1) is 9.22. The molecule has 1 heterocycles. The smallest absolute Gasteiger partial charge is 0.174 e. The molecule has 1 N–H and O–H groups in total. The molecule has 0 unspecified atom stereocenters. The van der Waals surface area contributed by atoms with Crippen LogP contribution in [0.5, 0.6) is 0 Å². The third-order valence-corrected chi connectivity index (χ3v) is 5.36. The molecular weight excluding hydrogens is 298 g/mol. The van der Waals surface area contributed by atoms with Gasteiger partial charge in [0.2, 0.25) is 0 Å². The highest BCUT2D eigenvalue weighted by atomic mass is 35.5. The molecule has 2 aromatic rings. The normalized spacial score (nSPS) is 14.8. The fourth-order valence-corrected chi connectivity index (χ4v) is 3.79. The van der Waals surface area contributed by atoms with Crippen LogP contribution in [0.1, 0.15) is 24.2 Å². The summed E-state index contributed by atoms with van der Waals surface area (Å²) in [7, 11) is 0. The summed E-state index contributed by atoms with van der Waals surface area (Å²) >= 11 is 9.35. The zero-order valence-electron chi connectivity index (χ0n) is 10.5. The summed E-state index contributed by atoms with van der Waals surface area (Å²) in [5, 5.41) is 4.31. The summed E-state index contributed by atoms with van der Waals surface area (Å²) in [5.41, 5.74) is 1.23. The number of hydrogen-bond acceptors (Lipinski definition) is 5. The molecule has 0 aliphatic heterocycles. The van der Waals surface area contributed by atoms with E-state index in [9.17, 15) is 0 Å². The third kappa shape index (κ3) is 3.48. The summed E-state index contributed by atoms with van der Waals surface area (Å²) in [6, 6.07) is 6.75. The number of hydrogen-bond donors (Lipinski definition) is 1. The molecule has 6 heteroatoms. The average Bonchev–Trinajstić information content (AvgIpc) is 3.13. The van der Waals surface area contributed by atoms with Crippen molar-refractivity contribution in [2.45, 2.75) is 41.6 Å². The Morgan fingerprint density at radius 1 is 1.47 bits per heavy atom. The van der Waals surface area contributed by atoms with E-state index >= 15 is 0 Å². The summed E-state index contributed by atoms with van der Waals surface area (Å²) in [5.74, 6) is 0.817. The van der Waals surface area contributed by atoms with Crippen LogP contribution in [0, 0.1) is 6.92 Å². The lowest BCUT2D eigenvalue weighted by Gasteiger charge is -2.10. The third-order valence-electron chi connectivity index (χ3n) is 2.91. The highest BCUT2D eigenvalue weighted by molar-refractivity contribution is 8.01. The summed E-state index contributed by atoms with van der Waals surface area (Å²) in [4.78, 5) is 5.48. The van der Waals surface area contributed by atoms with E-state index < -0.39 is 0 Å². The van der Waals surface area contributed by atoms with Gasteiger partial charge in [0, 0.05) is 17.5 Å². The van der Waals surface area contributed by atoms with Gasteiger partial charge in [-0.25, -0.2) is 4.98 Å². The Morgan fingerprint density at radius 3 is 3.00 bits per heavy atom. The molecule has 1 fully saturated rings. The number of aryl methyl sites for hydroxylation is 1. The lowest BCUT2D eigenvalue weighted by molar-refractivity contribution is 0.680. The fraction of sp³-hybridized carbons (Fsp3) is 0.385. The van der Waals surface area contributed by atoms with Gasteiger partial charge >= 0.3 is 0 Å². The van der Waals surface area contributed by atoms with Crippen LogP contribution < -0.4 is 5.32 Å². The second-order valence-electron chi connectivity index (χ2n) is 4.59. The molecule has 1 aliphatic rings. The molecule has 0 atom stereocenters. The molecule has 0 amide bonds. The van der Waals surface area contributed by atoms with Crippen molar-refractivity contribution in [3.05, 3.63) is 34.6 Å². The van der Waals surface area contributed by atoms with E-state index in [-0.39, 0.29) is 0 Å². The molecule has 3 rings (SSSR count). The Bertz CT molecular complexity index is 581. The molecule has 3 nitrogen and oxygen atoms in total. The van der Waals surface area contributed by atoms with Gasteiger partial charge in [-0.2, -0.15) is 4.37 Å². The van der Waals surface area contributed by atoms with Gasteiger partial charge < -0.3 is 5.32 Å². The number of aromatic nitrogens is 2. The Labute approximate surface area is 126 Å². The summed E-state index contributed by atoms with van der Waals surface area (Å²) in [6.07, 6.45) is 2.58. The van der Waals surface area contributed by atoms with Crippen LogP contribution in [-0.4, -0.2) is 15.4 Å².